The SMILES string of the molecule is COC1(c2ccc(OCCOCCOCCOCCCc3ccc(OC(=O)C45CC6CC(CC(C6)C4)C5)cc3)cc2)c2ccccc2N(C)c2ccccc21. The summed E-state index contributed by atoms with van der Waals surface area (Å²) in [6, 6.07) is 33.1. The van der Waals surface area contributed by atoms with E-state index in [0.717, 1.165) is 83.7 Å². The van der Waals surface area contributed by atoms with Gasteiger partial charge >= 0.3 is 5.97 Å². The molecule has 4 saturated carbocycles. The summed E-state index contributed by atoms with van der Waals surface area (Å²) in [6.45, 7) is 3.69. The standard InChI is InChI=1S/C47H55NO7/c1-48-43-11-5-3-9-41(43)47(50-2,42-10-4-6-12-44(42)48)38-15-19-39(20-16-38)54-27-26-53-25-24-52-23-22-51-21-7-8-34-13-17-40(18-14-34)55-45(49)46-31-35-28-36(32-46)30-37(29-35)33-46/h3-6,9-20,35-37H,7-8,21-33H2,1-2H3. The van der Waals surface area contributed by atoms with Gasteiger partial charge in [0.05, 0.1) is 38.4 Å². The predicted molar refractivity (Wildman–Crippen MR) is 213 cm³/mol. The van der Waals surface area contributed by atoms with Crippen molar-refractivity contribution < 1.29 is 33.2 Å². The fraction of sp³-hybridized carbons (Fsp3) is 0.468. The van der Waals surface area contributed by atoms with Crippen LogP contribution in [-0.4, -0.2) is 66.4 Å². The van der Waals surface area contributed by atoms with E-state index in [9.17, 15) is 4.79 Å². The minimum Gasteiger partial charge on any atom is -0.491 e. The van der Waals surface area contributed by atoms with Crippen molar-refractivity contribution >= 4 is 17.3 Å². The normalized spacial score (nSPS) is 22.9. The maximum absolute atomic E-state index is 13.3. The summed E-state index contributed by atoms with van der Waals surface area (Å²) in [6.07, 6.45) is 8.91. The van der Waals surface area contributed by atoms with Gasteiger partial charge in [0.25, 0.3) is 0 Å². The Morgan fingerprint density at radius 1 is 0.636 bits per heavy atom. The Morgan fingerprint density at radius 3 is 1.71 bits per heavy atom. The zero-order chi connectivity index (χ0) is 37.7. The lowest BCUT2D eigenvalue weighted by Gasteiger charge is -2.55. The maximum atomic E-state index is 13.3. The Bertz CT molecular complexity index is 1810. The number of hydrogen-bond acceptors (Lipinski definition) is 8. The first-order valence-electron chi connectivity index (χ1n) is 20.2. The van der Waals surface area contributed by atoms with E-state index < -0.39 is 5.60 Å². The van der Waals surface area contributed by atoms with Crippen molar-refractivity contribution in [3.63, 3.8) is 0 Å². The van der Waals surface area contributed by atoms with Gasteiger partial charge in [-0.15, -0.1) is 0 Å². The van der Waals surface area contributed by atoms with E-state index >= 15 is 0 Å². The van der Waals surface area contributed by atoms with Gasteiger partial charge in [0.15, 0.2) is 0 Å². The average molecular weight is 746 g/mol. The van der Waals surface area contributed by atoms with Gasteiger partial charge in [-0.05, 0) is 117 Å². The van der Waals surface area contributed by atoms with Gasteiger partial charge in [0.2, 0.25) is 0 Å². The number of carbonyl (C=O) groups is 1. The van der Waals surface area contributed by atoms with E-state index in [1.54, 1.807) is 7.11 Å². The van der Waals surface area contributed by atoms with Crippen LogP contribution < -0.4 is 14.4 Å². The number of nitrogens with zero attached hydrogens (tertiary/aromatic N) is 1. The molecule has 0 spiro atoms. The first-order valence-corrected chi connectivity index (χ1v) is 20.2. The molecule has 55 heavy (non-hydrogen) atoms. The van der Waals surface area contributed by atoms with E-state index in [4.69, 9.17) is 28.4 Å². The van der Waals surface area contributed by atoms with Crippen molar-refractivity contribution in [2.45, 2.75) is 57.0 Å². The molecule has 4 bridgehead atoms. The zero-order valence-electron chi connectivity index (χ0n) is 32.4. The molecular weight excluding hydrogens is 691 g/mol. The van der Waals surface area contributed by atoms with Crippen molar-refractivity contribution in [2.75, 3.05) is 65.3 Å². The van der Waals surface area contributed by atoms with E-state index in [1.807, 2.05) is 24.3 Å². The molecular formula is C47H55NO7. The van der Waals surface area contributed by atoms with Crippen LogP contribution in [0.25, 0.3) is 0 Å². The zero-order valence-corrected chi connectivity index (χ0v) is 32.4. The summed E-state index contributed by atoms with van der Waals surface area (Å²) in [4.78, 5) is 15.5. The van der Waals surface area contributed by atoms with Crippen LogP contribution in [0.15, 0.2) is 97.1 Å². The summed E-state index contributed by atoms with van der Waals surface area (Å²) < 4.78 is 35.5. The Labute approximate surface area is 326 Å². The minimum atomic E-state index is -0.730. The summed E-state index contributed by atoms with van der Waals surface area (Å²) in [5.41, 5.74) is 5.78. The highest BCUT2D eigenvalue weighted by molar-refractivity contribution is 5.80. The van der Waals surface area contributed by atoms with E-state index in [-0.39, 0.29) is 11.4 Å². The number of para-hydroxylation sites is 2. The third kappa shape index (κ3) is 7.92. The lowest BCUT2D eigenvalue weighted by molar-refractivity contribution is -0.161. The Kier molecular flexibility index (Phi) is 11.6. The lowest BCUT2D eigenvalue weighted by Crippen LogP contribution is -2.51. The molecule has 4 fully saturated rings. The third-order valence-electron chi connectivity index (χ3n) is 12.5. The van der Waals surface area contributed by atoms with Gasteiger partial charge < -0.3 is 33.3 Å². The fourth-order valence-corrected chi connectivity index (χ4v) is 10.3. The van der Waals surface area contributed by atoms with E-state index in [0.29, 0.717) is 52.0 Å². The van der Waals surface area contributed by atoms with Crippen molar-refractivity contribution in [3.05, 3.63) is 119 Å². The van der Waals surface area contributed by atoms with Crippen LogP contribution in [0.1, 0.15) is 67.2 Å². The molecule has 0 atom stereocenters. The molecule has 0 N–H and O–H groups in total. The number of fused-ring (bicyclic) bond motifs is 2. The molecule has 290 valence electrons. The predicted octanol–water partition coefficient (Wildman–Crippen LogP) is 8.89. The molecule has 8 nitrogen and oxygen atoms in total. The van der Waals surface area contributed by atoms with Crippen molar-refractivity contribution in [2.24, 2.45) is 23.2 Å². The van der Waals surface area contributed by atoms with Gasteiger partial charge in [-0.25, -0.2) is 0 Å². The highest BCUT2D eigenvalue weighted by Crippen LogP contribution is 2.60. The van der Waals surface area contributed by atoms with Gasteiger partial charge in [0.1, 0.15) is 23.7 Å². The summed E-state index contributed by atoms with van der Waals surface area (Å²) in [5, 5.41) is 0. The largest absolute Gasteiger partial charge is 0.491 e. The molecule has 5 aliphatic rings. The molecule has 0 aromatic heterocycles. The van der Waals surface area contributed by atoms with Crippen molar-refractivity contribution in [3.8, 4) is 11.5 Å². The molecule has 9 rings (SSSR count). The van der Waals surface area contributed by atoms with Crippen LogP contribution in [-0.2, 0) is 35.8 Å². The number of benzene rings is 4. The third-order valence-corrected chi connectivity index (χ3v) is 12.5. The summed E-state index contributed by atoms with van der Waals surface area (Å²) in [5.74, 6) is 3.66. The fourth-order valence-electron chi connectivity index (χ4n) is 10.3. The maximum Gasteiger partial charge on any atom is 0.317 e. The molecule has 8 heteroatoms. The van der Waals surface area contributed by atoms with Gasteiger partial charge in [-0.3, -0.25) is 4.79 Å². The monoisotopic (exact) mass is 745 g/mol. The van der Waals surface area contributed by atoms with Gasteiger partial charge in [-0.1, -0.05) is 60.7 Å². The summed E-state index contributed by atoms with van der Waals surface area (Å²) >= 11 is 0. The number of anilines is 2. The number of rotatable bonds is 18. The molecule has 0 amide bonds. The molecule has 0 unspecified atom stereocenters. The lowest BCUT2D eigenvalue weighted by atomic mass is 9.49. The minimum absolute atomic E-state index is 0.0106. The number of esters is 1. The Balaban J connectivity index is 0.679. The number of carbonyl (C=O) groups excluding carboxylic acids is 1. The second-order valence-electron chi connectivity index (χ2n) is 16.0. The molecule has 0 saturated heterocycles. The summed E-state index contributed by atoms with van der Waals surface area (Å²) in [7, 11) is 3.88. The Morgan fingerprint density at radius 2 is 1.15 bits per heavy atom. The smallest absolute Gasteiger partial charge is 0.317 e. The molecule has 4 aromatic rings. The molecule has 1 aliphatic heterocycles. The highest BCUT2D eigenvalue weighted by atomic mass is 16.6. The molecule has 4 aromatic carbocycles. The molecule has 0 radical (unpaired) electrons. The van der Waals surface area contributed by atoms with Crippen molar-refractivity contribution in [1.82, 2.24) is 0 Å². The number of ether oxygens (including phenoxy) is 6. The first-order chi connectivity index (χ1) is 27.0. The molecule has 4 aliphatic carbocycles. The average Bonchev–Trinajstić information content (AvgIpc) is 3.20. The second kappa shape index (κ2) is 16.9. The first kappa shape index (κ1) is 37.7. The molecule has 1 heterocycles. The topological polar surface area (TPSA) is 75.7 Å². The highest BCUT2D eigenvalue weighted by Gasteiger charge is 2.55. The van der Waals surface area contributed by atoms with Crippen LogP contribution >= 0.6 is 0 Å². The van der Waals surface area contributed by atoms with Gasteiger partial charge in [0, 0.05) is 43.3 Å². The van der Waals surface area contributed by atoms with Crippen LogP contribution in [0.5, 0.6) is 11.5 Å². The quantitative estimate of drug-likeness (QED) is 0.0568. The van der Waals surface area contributed by atoms with Crippen LogP contribution in [0.3, 0.4) is 0 Å². The Hall–Kier alpha value is -4.21. The van der Waals surface area contributed by atoms with Crippen LogP contribution in [0, 0.1) is 23.2 Å². The second-order valence-corrected chi connectivity index (χ2v) is 16.0. The van der Waals surface area contributed by atoms with Crippen LogP contribution in [0.2, 0.25) is 0 Å². The van der Waals surface area contributed by atoms with Crippen molar-refractivity contribution in [1.29, 1.82) is 0 Å². The number of aryl methyl sites for hydroxylation is 1. The van der Waals surface area contributed by atoms with E-state index in [2.05, 4.69) is 84.7 Å². The number of hydrogen-bond donors (Lipinski definition) is 0. The number of methoxy groups -OCH3 is 1. The van der Waals surface area contributed by atoms with Gasteiger partial charge in [-0.2, -0.15) is 0 Å². The van der Waals surface area contributed by atoms with Crippen LogP contribution in [0.4, 0.5) is 11.4 Å². The van der Waals surface area contributed by atoms with E-state index in [1.165, 1.54) is 24.8 Å².